The zero-order valence-corrected chi connectivity index (χ0v) is 13.1. The van der Waals surface area contributed by atoms with Gasteiger partial charge in [-0.25, -0.2) is 8.42 Å². The normalized spacial score (nSPS) is 11.2. The Morgan fingerprint density at radius 2 is 0.905 bits per heavy atom. The summed E-state index contributed by atoms with van der Waals surface area (Å²) in [5, 5.41) is 5.50. The summed E-state index contributed by atoms with van der Waals surface area (Å²) in [6.07, 6.45) is 0.604. The molecule has 0 amide bonds. The molecule has 3 rings (SSSR count). The summed E-state index contributed by atoms with van der Waals surface area (Å²) in [5.74, 6) is 0. The van der Waals surface area contributed by atoms with Crippen LogP contribution in [0.15, 0.2) is 48.5 Å². The second-order valence-electron chi connectivity index (χ2n) is 5.05. The third kappa shape index (κ3) is 3.60. The van der Waals surface area contributed by atoms with E-state index in [1.165, 1.54) is 32.7 Å². The minimum absolute atomic E-state index is 0.604. The second kappa shape index (κ2) is 5.84. The van der Waals surface area contributed by atoms with Crippen molar-refractivity contribution in [3.63, 3.8) is 0 Å². The van der Waals surface area contributed by atoms with Crippen LogP contribution in [0.25, 0.3) is 21.5 Å². The van der Waals surface area contributed by atoms with Crippen LogP contribution in [-0.4, -0.2) is 19.2 Å². The minimum atomic E-state index is -3.92. The fourth-order valence-electron chi connectivity index (χ4n) is 2.56. The van der Waals surface area contributed by atoms with E-state index in [9.17, 15) is 0 Å². The van der Waals surface area contributed by atoms with Crippen LogP contribution in [0, 0.1) is 13.8 Å². The molecule has 3 aromatic carbocycles. The number of hydrogen-bond acceptors (Lipinski definition) is 3. The van der Waals surface area contributed by atoms with Crippen molar-refractivity contribution in [2.75, 3.05) is 6.26 Å². The van der Waals surface area contributed by atoms with Gasteiger partial charge in [0.25, 0.3) is 0 Å². The summed E-state index contributed by atoms with van der Waals surface area (Å²) in [6.45, 7) is 4.42. The molecule has 0 aliphatic carbocycles. The molecule has 3 nitrogen and oxygen atoms in total. The van der Waals surface area contributed by atoms with E-state index >= 15 is 0 Å². The van der Waals surface area contributed by atoms with Gasteiger partial charge >= 0.3 is 0 Å². The number of fused-ring (bicyclic) bond motifs is 2. The van der Waals surface area contributed by atoms with Crippen molar-refractivity contribution in [2.24, 2.45) is 0 Å². The highest BCUT2D eigenvalue weighted by molar-refractivity contribution is 7.84. The zero-order valence-electron chi connectivity index (χ0n) is 12.3. The summed E-state index contributed by atoms with van der Waals surface area (Å²) in [7, 11) is -3.92. The van der Waals surface area contributed by atoms with Crippen molar-refractivity contribution in [1.29, 1.82) is 0 Å². The molecule has 0 fully saturated rings. The Hall–Kier alpha value is -1.91. The molecule has 0 aromatic heterocycles. The maximum absolute atomic E-state index is 9.08. The molecule has 3 aromatic rings. The van der Waals surface area contributed by atoms with Crippen LogP contribution in [0.5, 0.6) is 0 Å². The van der Waals surface area contributed by atoms with Crippen molar-refractivity contribution < 1.29 is 13.0 Å². The molecule has 0 spiro atoms. The van der Waals surface area contributed by atoms with E-state index in [4.69, 9.17) is 13.0 Å². The molecule has 0 radical (unpaired) electrons. The van der Waals surface area contributed by atoms with Crippen molar-refractivity contribution in [3.8, 4) is 0 Å². The molecule has 0 atom stereocenters. The maximum atomic E-state index is 9.08. The van der Waals surface area contributed by atoms with Crippen LogP contribution in [0.3, 0.4) is 0 Å². The van der Waals surface area contributed by atoms with Gasteiger partial charge in [-0.2, -0.15) is 0 Å². The first-order valence-electron chi connectivity index (χ1n) is 6.56. The molecule has 0 aliphatic heterocycles. The van der Waals surface area contributed by atoms with Gasteiger partial charge in [-0.1, -0.05) is 48.5 Å². The smallest absolute Gasteiger partial charge is 0.0916 e. The van der Waals surface area contributed by atoms with E-state index in [2.05, 4.69) is 62.4 Å². The van der Waals surface area contributed by atoms with E-state index in [0.29, 0.717) is 6.26 Å². The molecular weight excluding hydrogens is 284 g/mol. The number of benzene rings is 3. The van der Waals surface area contributed by atoms with Gasteiger partial charge in [-0.05, 0) is 46.5 Å². The predicted molar refractivity (Wildman–Crippen MR) is 86.5 cm³/mol. The Kier molecular flexibility index (Phi) is 4.30. The lowest BCUT2D eigenvalue weighted by atomic mass is 9.93. The van der Waals surface area contributed by atoms with E-state index in [1.54, 1.807) is 0 Å². The van der Waals surface area contributed by atoms with Gasteiger partial charge in [-0.3, -0.25) is 0 Å². The van der Waals surface area contributed by atoms with Crippen molar-refractivity contribution in [1.82, 2.24) is 0 Å². The molecule has 0 saturated carbocycles. The number of hydrogen-bond donors (Lipinski definition) is 0. The van der Waals surface area contributed by atoms with E-state index in [-0.39, 0.29) is 0 Å². The third-order valence-electron chi connectivity index (χ3n) is 3.47. The number of aryl methyl sites for hydroxylation is 2. The quantitative estimate of drug-likeness (QED) is 0.469. The van der Waals surface area contributed by atoms with Gasteiger partial charge in [-0.15, -0.1) is 0 Å². The molecule has 4 heteroatoms. The van der Waals surface area contributed by atoms with Gasteiger partial charge < -0.3 is 4.55 Å². The first kappa shape index (κ1) is 15.5. The van der Waals surface area contributed by atoms with Gasteiger partial charge in [0.15, 0.2) is 0 Å². The molecule has 0 aliphatic rings. The van der Waals surface area contributed by atoms with E-state index in [0.717, 1.165) is 0 Å². The van der Waals surface area contributed by atoms with Gasteiger partial charge in [0, 0.05) is 6.26 Å². The lowest BCUT2D eigenvalue weighted by Gasteiger charge is -2.11. The van der Waals surface area contributed by atoms with Gasteiger partial charge in [0.2, 0.25) is 0 Å². The largest absolute Gasteiger partial charge is 0.748 e. The summed E-state index contributed by atoms with van der Waals surface area (Å²) >= 11 is 0. The van der Waals surface area contributed by atoms with Crippen molar-refractivity contribution >= 4 is 31.7 Å². The zero-order chi connectivity index (χ0) is 15.6. The monoisotopic (exact) mass is 301 g/mol. The Labute approximate surface area is 125 Å². The van der Waals surface area contributed by atoms with Crippen LogP contribution in [0.4, 0.5) is 0 Å². The third-order valence-corrected chi connectivity index (χ3v) is 3.47. The fourth-order valence-corrected chi connectivity index (χ4v) is 2.56. The Balaban J connectivity index is 0.000000282. The van der Waals surface area contributed by atoms with E-state index < -0.39 is 10.1 Å². The molecule has 110 valence electrons. The van der Waals surface area contributed by atoms with Crippen LogP contribution < -0.4 is 0 Å². The summed E-state index contributed by atoms with van der Waals surface area (Å²) in [6, 6.07) is 17.3. The predicted octanol–water partition coefficient (Wildman–Crippen LogP) is 3.77. The van der Waals surface area contributed by atoms with Crippen LogP contribution in [-0.2, 0) is 10.1 Å². The molecular formula is C17H17O3S-. The average Bonchev–Trinajstić information content (AvgIpc) is 2.43. The first-order valence-corrected chi connectivity index (χ1v) is 8.38. The molecule has 0 N–H and O–H groups in total. The second-order valence-corrected chi connectivity index (χ2v) is 6.45. The lowest BCUT2D eigenvalue weighted by Crippen LogP contribution is -1.88. The Morgan fingerprint density at radius 3 is 1.10 bits per heavy atom. The van der Waals surface area contributed by atoms with Crippen LogP contribution in [0.2, 0.25) is 0 Å². The lowest BCUT2D eigenvalue weighted by molar-refractivity contribution is 0.470. The topological polar surface area (TPSA) is 57.2 Å². The highest BCUT2D eigenvalue weighted by Gasteiger charge is 2.06. The van der Waals surface area contributed by atoms with Crippen LogP contribution in [0.1, 0.15) is 11.1 Å². The fraction of sp³-hybridized carbons (Fsp3) is 0.176. The average molecular weight is 301 g/mol. The molecule has 0 bridgehead atoms. The van der Waals surface area contributed by atoms with Gasteiger partial charge in [0.1, 0.15) is 0 Å². The number of rotatable bonds is 0. The van der Waals surface area contributed by atoms with Crippen molar-refractivity contribution in [2.45, 2.75) is 13.8 Å². The minimum Gasteiger partial charge on any atom is -0.748 e. The highest BCUT2D eigenvalue weighted by Crippen LogP contribution is 2.31. The Bertz CT molecular complexity index is 771. The maximum Gasteiger partial charge on any atom is 0.0916 e. The van der Waals surface area contributed by atoms with E-state index in [1.807, 2.05) is 0 Å². The summed E-state index contributed by atoms with van der Waals surface area (Å²) in [4.78, 5) is 0. The van der Waals surface area contributed by atoms with Crippen molar-refractivity contribution in [3.05, 3.63) is 59.7 Å². The molecule has 0 unspecified atom stereocenters. The summed E-state index contributed by atoms with van der Waals surface area (Å²) < 4.78 is 27.2. The SMILES string of the molecule is CS(=O)(=O)[O-].Cc1c2ccccc2c(C)c2ccccc12. The first-order chi connectivity index (χ1) is 9.79. The Morgan fingerprint density at radius 1 is 0.714 bits per heavy atom. The summed E-state index contributed by atoms with van der Waals surface area (Å²) in [5.41, 5.74) is 2.77. The molecule has 21 heavy (non-hydrogen) atoms. The molecule has 0 saturated heterocycles. The molecule has 0 heterocycles. The standard InChI is InChI=1S/C16H14.CH4O3S/c1-11-13-7-3-5-9-15(13)12(2)16-10-6-4-8-14(11)16;1-5(2,3)4/h3-10H,1-2H3;1H3,(H,2,3,4)/p-1. The highest BCUT2D eigenvalue weighted by atomic mass is 32.2. The van der Waals surface area contributed by atoms with Crippen LogP contribution >= 0.6 is 0 Å². The van der Waals surface area contributed by atoms with Gasteiger partial charge in [0.05, 0.1) is 10.1 Å².